The Labute approximate surface area is 162 Å². The number of amides is 2. The number of hydrogen-bond donors (Lipinski definition) is 0. The lowest BCUT2D eigenvalue weighted by Gasteiger charge is -2.12. The van der Waals surface area contributed by atoms with Crippen molar-refractivity contribution in [1.82, 2.24) is 4.90 Å². The van der Waals surface area contributed by atoms with Crippen LogP contribution in [-0.4, -0.2) is 16.0 Å². The van der Waals surface area contributed by atoms with Crippen LogP contribution in [0.3, 0.4) is 0 Å². The highest BCUT2D eigenvalue weighted by Crippen LogP contribution is 2.33. The van der Waals surface area contributed by atoms with Crippen LogP contribution in [0.1, 0.15) is 11.1 Å². The molecule has 27 heavy (non-hydrogen) atoms. The number of imide groups is 1. The molecule has 0 saturated carbocycles. The van der Waals surface area contributed by atoms with Crippen LogP contribution in [0, 0.1) is 0 Å². The van der Waals surface area contributed by atoms with Gasteiger partial charge in [0, 0.05) is 0 Å². The Morgan fingerprint density at radius 2 is 1.33 bits per heavy atom. The van der Waals surface area contributed by atoms with Crippen molar-refractivity contribution in [3.63, 3.8) is 0 Å². The quantitative estimate of drug-likeness (QED) is 0.561. The number of benzene rings is 3. The largest absolute Gasteiger partial charge is 0.293 e. The summed E-state index contributed by atoms with van der Waals surface area (Å²) in [5, 5.41) is -0.226. The lowest BCUT2D eigenvalue weighted by Crippen LogP contribution is -2.27. The number of rotatable bonds is 4. The first-order valence-corrected chi connectivity index (χ1v) is 9.47. The van der Waals surface area contributed by atoms with Crippen molar-refractivity contribution in [3.05, 3.63) is 101 Å². The van der Waals surface area contributed by atoms with E-state index in [0.29, 0.717) is 11.4 Å². The van der Waals surface area contributed by atoms with Crippen LogP contribution in [0.15, 0.2) is 89.8 Å². The van der Waals surface area contributed by atoms with Gasteiger partial charge >= 0.3 is 0 Å². The molecule has 1 fully saturated rings. The summed E-state index contributed by atoms with van der Waals surface area (Å²) in [6.45, 7) is 0.301. The molecular weight excluding hydrogens is 354 g/mol. The van der Waals surface area contributed by atoms with Gasteiger partial charge in [-0.1, -0.05) is 84.9 Å². The lowest BCUT2D eigenvalue weighted by molar-refractivity contribution is -0.123. The first kappa shape index (κ1) is 17.3. The van der Waals surface area contributed by atoms with Crippen molar-refractivity contribution in [3.8, 4) is 11.1 Å². The maximum absolute atomic E-state index is 12.6. The zero-order valence-corrected chi connectivity index (χ0v) is 15.4. The Kier molecular flexibility index (Phi) is 4.90. The Morgan fingerprint density at radius 1 is 0.741 bits per heavy atom. The molecule has 0 spiro atoms. The fourth-order valence-corrected chi connectivity index (χ4v) is 3.79. The first-order valence-electron chi connectivity index (χ1n) is 8.65. The standard InChI is InChI=1S/C23H17NO2S/c25-22-21(27-23(26)24(22)16-18-7-3-1-4-8-18)15-17-11-13-20(14-12-17)19-9-5-2-6-10-19/h1-15H,16H2/b21-15-. The molecule has 4 heteroatoms. The Balaban J connectivity index is 1.52. The zero-order valence-electron chi connectivity index (χ0n) is 14.5. The molecule has 0 atom stereocenters. The highest BCUT2D eigenvalue weighted by atomic mass is 32.2. The first-order chi connectivity index (χ1) is 13.2. The van der Waals surface area contributed by atoms with Crippen LogP contribution < -0.4 is 0 Å². The van der Waals surface area contributed by atoms with E-state index in [4.69, 9.17) is 0 Å². The summed E-state index contributed by atoms with van der Waals surface area (Å²) in [5.41, 5.74) is 4.10. The van der Waals surface area contributed by atoms with Crippen LogP contribution >= 0.6 is 11.8 Å². The van der Waals surface area contributed by atoms with Gasteiger partial charge in [-0.15, -0.1) is 0 Å². The molecule has 0 bridgehead atoms. The minimum atomic E-state index is -0.235. The third kappa shape index (κ3) is 3.86. The van der Waals surface area contributed by atoms with Gasteiger partial charge in [0.15, 0.2) is 0 Å². The average Bonchev–Trinajstić information content (AvgIpc) is 2.97. The number of carbonyl (C=O) groups excluding carboxylic acids is 2. The molecule has 0 unspecified atom stereocenters. The third-order valence-corrected chi connectivity index (χ3v) is 5.28. The summed E-state index contributed by atoms with van der Waals surface area (Å²) >= 11 is 0.995. The molecular formula is C23H17NO2S. The van der Waals surface area contributed by atoms with E-state index in [1.165, 1.54) is 4.90 Å². The molecule has 1 heterocycles. The normalized spacial score (nSPS) is 15.6. The van der Waals surface area contributed by atoms with Gasteiger partial charge in [-0.3, -0.25) is 14.5 Å². The average molecular weight is 371 g/mol. The van der Waals surface area contributed by atoms with Gasteiger partial charge in [-0.2, -0.15) is 0 Å². The molecule has 3 aromatic carbocycles. The molecule has 0 aliphatic carbocycles. The summed E-state index contributed by atoms with van der Waals surface area (Å²) < 4.78 is 0. The molecule has 0 radical (unpaired) electrons. The van der Waals surface area contributed by atoms with E-state index in [1.54, 1.807) is 6.08 Å². The van der Waals surface area contributed by atoms with E-state index in [2.05, 4.69) is 12.1 Å². The van der Waals surface area contributed by atoms with Gasteiger partial charge in [0.05, 0.1) is 11.4 Å². The second kappa shape index (κ2) is 7.64. The molecule has 1 aliphatic rings. The Bertz CT molecular complexity index is 996. The monoisotopic (exact) mass is 371 g/mol. The molecule has 3 nitrogen and oxygen atoms in total. The minimum Gasteiger partial charge on any atom is -0.268 e. The molecule has 1 saturated heterocycles. The van der Waals surface area contributed by atoms with E-state index >= 15 is 0 Å². The van der Waals surface area contributed by atoms with Gasteiger partial charge in [-0.25, -0.2) is 0 Å². The van der Waals surface area contributed by atoms with E-state index in [1.807, 2.05) is 72.8 Å². The predicted octanol–water partition coefficient (Wildman–Crippen LogP) is 5.59. The van der Waals surface area contributed by atoms with Gasteiger partial charge in [0.25, 0.3) is 11.1 Å². The van der Waals surface area contributed by atoms with Crippen molar-refractivity contribution in [2.45, 2.75) is 6.54 Å². The van der Waals surface area contributed by atoms with Gasteiger partial charge in [0.2, 0.25) is 0 Å². The van der Waals surface area contributed by atoms with E-state index in [9.17, 15) is 9.59 Å². The fraction of sp³-hybridized carbons (Fsp3) is 0.0435. The maximum atomic E-state index is 12.6. The molecule has 4 rings (SSSR count). The van der Waals surface area contributed by atoms with Crippen LogP contribution in [0.5, 0.6) is 0 Å². The third-order valence-electron chi connectivity index (χ3n) is 4.37. The second-order valence-corrected chi connectivity index (χ2v) is 7.23. The van der Waals surface area contributed by atoms with Gasteiger partial charge in [-0.05, 0) is 40.1 Å². The van der Waals surface area contributed by atoms with E-state index < -0.39 is 0 Å². The van der Waals surface area contributed by atoms with Crippen LogP contribution in [0.4, 0.5) is 4.79 Å². The van der Waals surface area contributed by atoms with Crippen molar-refractivity contribution in [2.75, 3.05) is 0 Å². The number of thioether (sulfide) groups is 1. The summed E-state index contributed by atoms with van der Waals surface area (Å²) in [6, 6.07) is 27.6. The minimum absolute atomic E-state index is 0.226. The Morgan fingerprint density at radius 3 is 2.00 bits per heavy atom. The van der Waals surface area contributed by atoms with E-state index in [-0.39, 0.29) is 11.1 Å². The molecule has 0 aromatic heterocycles. The topological polar surface area (TPSA) is 37.4 Å². The van der Waals surface area contributed by atoms with Crippen molar-refractivity contribution < 1.29 is 9.59 Å². The second-order valence-electron chi connectivity index (χ2n) is 6.24. The molecule has 132 valence electrons. The number of carbonyl (C=O) groups is 2. The zero-order chi connectivity index (χ0) is 18.6. The highest BCUT2D eigenvalue weighted by Gasteiger charge is 2.34. The highest BCUT2D eigenvalue weighted by molar-refractivity contribution is 8.18. The van der Waals surface area contributed by atoms with Crippen molar-refractivity contribution in [1.29, 1.82) is 0 Å². The van der Waals surface area contributed by atoms with Crippen molar-refractivity contribution in [2.24, 2.45) is 0 Å². The smallest absolute Gasteiger partial charge is 0.268 e. The molecule has 0 N–H and O–H groups in total. The SMILES string of the molecule is O=C1S/C(=C\c2ccc(-c3ccccc3)cc2)C(=O)N1Cc1ccccc1. The van der Waals surface area contributed by atoms with E-state index in [0.717, 1.165) is 34.0 Å². The molecule has 1 aliphatic heterocycles. The summed E-state index contributed by atoms with van der Waals surface area (Å²) in [4.78, 5) is 26.6. The summed E-state index contributed by atoms with van der Waals surface area (Å²) in [6.07, 6.45) is 1.78. The number of nitrogens with zero attached hydrogens (tertiary/aromatic N) is 1. The fourth-order valence-electron chi connectivity index (χ4n) is 2.96. The lowest BCUT2D eigenvalue weighted by atomic mass is 10.0. The summed E-state index contributed by atoms with van der Waals surface area (Å²) in [7, 11) is 0. The number of hydrogen-bond acceptors (Lipinski definition) is 3. The molecule has 2 amide bonds. The van der Waals surface area contributed by atoms with Crippen LogP contribution in [0.25, 0.3) is 17.2 Å². The Hall–Kier alpha value is -3.11. The maximum Gasteiger partial charge on any atom is 0.293 e. The van der Waals surface area contributed by atoms with Gasteiger partial charge in [0.1, 0.15) is 0 Å². The molecule has 3 aromatic rings. The predicted molar refractivity (Wildman–Crippen MR) is 110 cm³/mol. The van der Waals surface area contributed by atoms with Crippen LogP contribution in [0.2, 0.25) is 0 Å². The van der Waals surface area contributed by atoms with Crippen LogP contribution in [-0.2, 0) is 11.3 Å². The summed E-state index contributed by atoms with van der Waals surface area (Å²) in [5.74, 6) is -0.235. The van der Waals surface area contributed by atoms with Crippen molar-refractivity contribution >= 4 is 29.0 Å². The van der Waals surface area contributed by atoms with Gasteiger partial charge < -0.3 is 0 Å².